The van der Waals surface area contributed by atoms with E-state index in [0.29, 0.717) is 5.56 Å². The molecule has 112 valence electrons. The topological polar surface area (TPSA) is 37.3 Å². The lowest BCUT2D eigenvalue weighted by atomic mass is 9.75. The lowest BCUT2D eigenvalue weighted by Gasteiger charge is -2.30. The summed E-state index contributed by atoms with van der Waals surface area (Å²) in [6, 6.07) is 3.94. The van der Waals surface area contributed by atoms with Gasteiger partial charge in [0.15, 0.2) is 5.78 Å². The predicted molar refractivity (Wildman–Crippen MR) is 84.7 cm³/mol. The van der Waals surface area contributed by atoms with Crippen LogP contribution in [-0.2, 0) is 10.8 Å². The Morgan fingerprint density at radius 1 is 1.05 bits per heavy atom. The second-order valence-electron chi connectivity index (χ2n) is 6.95. The van der Waals surface area contributed by atoms with Crippen molar-refractivity contribution < 1.29 is 9.90 Å². The van der Waals surface area contributed by atoms with Crippen molar-refractivity contribution in [1.29, 1.82) is 0 Å². The summed E-state index contributed by atoms with van der Waals surface area (Å²) in [5, 5.41) is 10.5. The minimum atomic E-state index is -0.145. The predicted octanol–water partition coefficient (Wildman–Crippen LogP) is 4.97. The van der Waals surface area contributed by atoms with Crippen molar-refractivity contribution in [2.75, 3.05) is 0 Å². The first-order chi connectivity index (χ1) is 9.06. The molecular formula is C18H28O2. The molecule has 0 radical (unpaired) electrons. The summed E-state index contributed by atoms with van der Waals surface area (Å²) < 4.78 is 0. The molecule has 0 aliphatic rings. The van der Waals surface area contributed by atoms with Crippen LogP contribution in [0.25, 0.3) is 0 Å². The standard InChI is InChI=1S/C18H28O2/c1-8-17(4,5)13-10-14(12(3)19)16(20)15(11-13)18(6,7)9-2/h10-11,20H,8-9H2,1-7H3. The van der Waals surface area contributed by atoms with Gasteiger partial charge in [-0.2, -0.15) is 0 Å². The van der Waals surface area contributed by atoms with Gasteiger partial charge in [-0.3, -0.25) is 4.79 Å². The minimum absolute atomic E-state index is 0.00350. The Morgan fingerprint density at radius 3 is 1.95 bits per heavy atom. The summed E-state index contributed by atoms with van der Waals surface area (Å²) >= 11 is 0. The van der Waals surface area contributed by atoms with Gasteiger partial charge in [0.25, 0.3) is 0 Å². The molecule has 0 spiro atoms. The first-order valence-electron chi connectivity index (χ1n) is 7.45. The van der Waals surface area contributed by atoms with Crippen LogP contribution in [0.1, 0.15) is 82.8 Å². The van der Waals surface area contributed by atoms with Gasteiger partial charge in [0.1, 0.15) is 5.75 Å². The largest absolute Gasteiger partial charge is 0.507 e. The number of hydrogen-bond donors (Lipinski definition) is 1. The summed E-state index contributed by atoms with van der Waals surface area (Å²) in [4.78, 5) is 11.8. The molecule has 1 aromatic carbocycles. The van der Waals surface area contributed by atoms with Gasteiger partial charge < -0.3 is 5.11 Å². The third-order valence-electron chi connectivity index (χ3n) is 4.77. The number of carbonyl (C=O) groups excluding carboxylic acids is 1. The monoisotopic (exact) mass is 276 g/mol. The van der Waals surface area contributed by atoms with E-state index < -0.39 is 0 Å². The van der Waals surface area contributed by atoms with Crippen LogP contribution >= 0.6 is 0 Å². The highest BCUT2D eigenvalue weighted by molar-refractivity contribution is 5.97. The second kappa shape index (κ2) is 5.59. The lowest BCUT2D eigenvalue weighted by Crippen LogP contribution is -2.21. The van der Waals surface area contributed by atoms with Crippen molar-refractivity contribution in [2.24, 2.45) is 0 Å². The number of ketones is 1. The maximum absolute atomic E-state index is 11.8. The molecule has 0 aliphatic heterocycles. The van der Waals surface area contributed by atoms with Crippen LogP contribution in [0.15, 0.2) is 12.1 Å². The average Bonchev–Trinajstić information content (AvgIpc) is 2.38. The third-order valence-corrected chi connectivity index (χ3v) is 4.77. The van der Waals surface area contributed by atoms with Crippen molar-refractivity contribution in [1.82, 2.24) is 0 Å². The van der Waals surface area contributed by atoms with E-state index in [-0.39, 0.29) is 22.4 Å². The quantitative estimate of drug-likeness (QED) is 0.771. The van der Waals surface area contributed by atoms with Gasteiger partial charge in [-0.1, -0.05) is 47.6 Å². The average molecular weight is 276 g/mol. The van der Waals surface area contributed by atoms with Crippen LogP contribution in [0, 0.1) is 0 Å². The number of phenols is 1. The Morgan fingerprint density at radius 2 is 1.55 bits per heavy atom. The van der Waals surface area contributed by atoms with Crippen LogP contribution < -0.4 is 0 Å². The summed E-state index contributed by atoms with van der Waals surface area (Å²) in [6.07, 6.45) is 1.90. The number of carbonyl (C=O) groups is 1. The number of phenolic OH excluding ortho intramolecular Hbond substituents is 1. The smallest absolute Gasteiger partial charge is 0.163 e. The van der Waals surface area contributed by atoms with Crippen molar-refractivity contribution in [3.63, 3.8) is 0 Å². The van der Waals surface area contributed by atoms with E-state index in [0.717, 1.165) is 24.0 Å². The molecule has 2 heteroatoms. The van der Waals surface area contributed by atoms with Gasteiger partial charge in [0, 0.05) is 5.56 Å². The van der Waals surface area contributed by atoms with Gasteiger partial charge in [0.05, 0.1) is 5.56 Å². The molecular weight excluding hydrogens is 248 g/mol. The molecule has 0 unspecified atom stereocenters. The Labute approximate surface area is 123 Å². The Kier molecular flexibility index (Phi) is 4.68. The number of rotatable bonds is 5. The molecule has 0 saturated carbocycles. The van der Waals surface area contributed by atoms with Crippen molar-refractivity contribution >= 4 is 5.78 Å². The molecule has 0 aromatic heterocycles. The third kappa shape index (κ3) is 3.05. The van der Waals surface area contributed by atoms with Gasteiger partial charge in [-0.05, 0) is 42.2 Å². The zero-order valence-corrected chi connectivity index (χ0v) is 13.9. The minimum Gasteiger partial charge on any atom is -0.507 e. The van der Waals surface area contributed by atoms with Gasteiger partial charge in [0.2, 0.25) is 0 Å². The summed E-state index contributed by atoms with van der Waals surface area (Å²) in [7, 11) is 0. The summed E-state index contributed by atoms with van der Waals surface area (Å²) in [5.74, 6) is 0.0735. The highest BCUT2D eigenvalue weighted by Gasteiger charge is 2.28. The van der Waals surface area contributed by atoms with Crippen LogP contribution in [0.5, 0.6) is 5.75 Å². The molecule has 0 saturated heterocycles. The molecule has 0 heterocycles. The number of aromatic hydroxyl groups is 1. The molecule has 0 bridgehead atoms. The molecule has 1 N–H and O–H groups in total. The first-order valence-corrected chi connectivity index (χ1v) is 7.45. The second-order valence-corrected chi connectivity index (χ2v) is 6.95. The van der Waals surface area contributed by atoms with Crippen molar-refractivity contribution in [2.45, 2.75) is 72.1 Å². The van der Waals surface area contributed by atoms with E-state index in [1.165, 1.54) is 6.92 Å². The van der Waals surface area contributed by atoms with E-state index in [1.54, 1.807) is 0 Å². The van der Waals surface area contributed by atoms with Gasteiger partial charge >= 0.3 is 0 Å². The zero-order chi connectivity index (χ0) is 15.7. The summed E-state index contributed by atoms with van der Waals surface area (Å²) in [5.41, 5.74) is 2.30. The van der Waals surface area contributed by atoms with E-state index >= 15 is 0 Å². The molecule has 0 aliphatic carbocycles. The maximum atomic E-state index is 11.8. The molecule has 0 amide bonds. The Bertz CT molecular complexity index is 510. The van der Waals surface area contributed by atoms with Gasteiger partial charge in [-0.25, -0.2) is 0 Å². The fourth-order valence-corrected chi connectivity index (χ4v) is 2.20. The molecule has 0 atom stereocenters. The number of benzene rings is 1. The zero-order valence-electron chi connectivity index (χ0n) is 13.9. The van der Waals surface area contributed by atoms with Crippen molar-refractivity contribution in [3.8, 4) is 5.75 Å². The Balaban J connectivity index is 3.64. The van der Waals surface area contributed by atoms with Crippen LogP contribution in [0.3, 0.4) is 0 Å². The van der Waals surface area contributed by atoms with Crippen LogP contribution in [0.4, 0.5) is 0 Å². The number of Topliss-reactive ketones (excluding diaryl/α,β-unsaturated/α-hetero) is 1. The Hall–Kier alpha value is -1.31. The molecule has 2 nitrogen and oxygen atoms in total. The van der Waals surface area contributed by atoms with Crippen LogP contribution in [0.2, 0.25) is 0 Å². The highest BCUT2D eigenvalue weighted by Crippen LogP contribution is 2.40. The molecule has 20 heavy (non-hydrogen) atoms. The fourth-order valence-electron chi connectivity index (χ4n) is 2.20. The van der Waals surface area contributed by atoms with E-state index in [1.807, 2.05) is 6.07 Å². The van der Waals surface area contributed by atoms with E-state index in [9.17, 15) is 9.90 Å². The highest BCUT2D eigenvalue weighted by atomic mass is 16.3. The van der Waals surface area contributed by atoms with Gasteiger partial charge in [-0.15, -0.1) is 0 Å². The van der Waals surface area contributed by atoms with E-state index in [4.69, 9.17) is 0 Å². The fraction of sp³-hybridized carbons (Fsp3) is 0.611. The van der Waals surface area contributed by atoms with Crippen LogP contribution in [-0.4, -0.2) is 10.9 Å². The maximum Gasteiger partial charge on any atom is 0.163 e. The molecule has 1 aromatic rings. The van der Waals surface area contributed by atoms with Crippen molar-refractivity contribution in [3.05, 3.63) is 28.8 Å². The summed E-state index contributed by atoms with van der Waals surface area (Å²) in [6.45, 7) is 14.3. The molecule has 0 fully saturated rings. The number of hydrogen-bond acceptors (Lipinski definition) is 2. The molecule has 1 rings (SSSR count). The lowest BCUT2D eigenvalue weighted by molar-refractivity contribution is 0.101. The normalized spacial score (nSPS) is 12.6. The SMILES string of the molecule is CCC(C)(C)c1cc(C(C)=O)c(O)c(C(C)(C)CC)c1. The van der Waals surface area contributed by atoms with E-state index in [2.05, 4.69) is 47.6 Å². The first kappa shape index (κ1) is 16.7.